The van der Waals surface area contributed by atoms with Gasteiger partial charge >= 0.3 is 10.4 Å². The van der Waals surface area contributed by atoms with E-state index < -0.39 is 22.2 Å². The van der Waals surface area contributed by atoms with Gasteiger partial charge < -0.3 is 5.73 Å². The Bertz CT molecular complexity index is 569. The fraction of sp³-hybridized carbons (Fsp3) is 0.462. The maximum absolute atomic E-state index is 12.9. The van der Waals surface area contributed by atoms with Crippen molar-refractivity contribution in [2.24, 2.45) is 11.7 Å². The molecule has 2 N–H and O–H groups in total. The van der Waals surface area contributed by atoms with Crippen LogP contribution in [0.5, 0.6) is 0 Å². The Morgan fingerprint density at radius 2 is 1.80 bits per heavy atom. The number of nitrogens with zero attached hydrogens (tertiary/aromatic N) is 1. The Labute approximate surface area is 117 Å². The van der Waals surface area contributed by atoms with E-state index in [9.17, 15) is 17.1 Å². The summed E-state index contributed by atoms with van der Waals surface area (Å²) in [5.41, 5.74) is 6.30. The van der Waals surface area contributed by atoms with Gasteiger partial charge in [0.25, 0.3) is 0 Å². The lowest BCUT2D eigenvalue weighted by Gasteiger charge is -2.32. The monoisotopic (exact) mass is 300 g/mol. The van der Waals surface area contributed by atoms with Crippen LogP contribution in [-0.4, -0.2) is 31.7 Å². The van der Waals surface area contributed by atoms with E-state index in [1.54, 1.807) is 0 Å². The summed E-state index contributed by atoms with van der Waals surface area (Å²) >= 11 is 0. The number of piperidine rings is 1. The predicted octanol–water partition coefficient (Wildman–Crippen LogP) is 1.18. The van der Waals surface area contributed by atoms with Crippen LogP contribution in [0.1, 0.15) is 24.3 Å². The predicted molar refractivity (Wildman–Crippen MR) is 72.7 cm³/mol. The average Bonchev–Trinajstić information content (AvgIpc) is 2.39. The first-order valence-corrected chi connectivity index (χ1v) is 7.77. The van der Waals surface area contributed by atoms with Gasteiger partial charge in [-0.05, 0) is 24.3 Å². The second-order valence-electron chi connectivity index (χ2n) is 4.97. The Balaban J connectivity index is 2.12. The van der Waals surface area contributed by atoms with Gasteiger partial charge in [-0.15, -0.1) is 0 Å². The van der Waals surface area contributed by atoms with Crippen molar-refractivity contribution in [2.45, 2.75) is 18.8 Å². The van der Waals surface area contributed by atoms with Crippen LogP contribution in [0.4, 0.5) is 3.89 Å². The molecular weight excluding hydrogens is 283 g/mol. The molecule has 0 aliphatic carbocycles. The first-order chi connectivity index (χ1) is 9.39. The SMILES string of the molecule is NC(=O)C(c1ccccc1)C1CCN(S(=O)(=O)F)CC1. The molecule has 0 spiro atoms. The molecule has 1 aliphatic rings. The number of hydrogen-bond acceptors (Lipinski definition) is 3. The third kappa shape index (κ3) is 3.34. The van der Waals surface area contributed by atoms with Crippen LogP contribution >= 0.6 is 0 Å². The van der Waals surface area contributed by atoms with Crippen molar-refractivity contribution in [3.05, 3.63) is 35.9 Å². The zero-order valence-electron chi connectivity index (χ0n) is 10.9. The second kappa shape index (κ2) is 5.88. The number of nitrogens with two attached hydrogens (primary N) is 1. The molecule has 0 bridgehead atoms. The van der Waals surface area contributed by atoms with Crippen molar-refractivity contribution in [1.82, 2.24) is 4.31 Å². The molecule has 1 fully saturated rings. The molecule has 1 unspecified atom stereocenters. The van der Waals surface area contributed by atoms with Crippen LogP contribution in [0, 0.1) is 5.92 Å². The van der Waals surface area contributed by atoms with Crippen LogP contribution in [-0.2, 0) is 15.2 Å². The number of carbonyl (C=O) groups excluding carboxylic acids is 1. The minimum Gasteiger partial charge on any atom is -0.369 e. The summed E-state index contributed by atoms with van der Waals surface area (Å²) in [6.45, 7) is 0.167. The van der Waals surface area contributed by atoms with Gasteiger partial charge in [-0.25, -0.2) is 0 Å². The summed E-state index contributed by atoms with van der Waals surface area (Å²) in [6, 6.07) is 9.15. The van der Waals surface area contributed by atoms with Gasteiger partial charge in [0.2, 0.25) is 5.91 Å². The maximum atomic E-state index is 12.9. The van der Waals surface area contributed by atoms with E-state index >= 15 is 0 Å². The summed E-state index contributed by atoms with van der Waals surface area (Å²) in [5, 5.41) is 0. The summed E-state index contributed by atoms with van der Waals surface area (Å²) < 4.78 is 35.4. The molecule has 1 atom stereocenters. The number of rotatable bonds is 4. The third-order valence-corrected chi connectivity index (χ3v) is 4.73. The lowest BCUT2D eigenvalue weighted by atomic mass is 9.80. The molecule has 1 aromatic rings. The summed E-state index contributed by atoms with van der Waals surface area (Å²) in [7, 11) is -4.64. The molecular formula is C13H17FN2O3S. The smallest absolute Gasteiger partial charge is 0.369 e. The lowest BCUT2D eigenvalue weighted by molar-refractivity contribution is -0.120. The van der Waals surface area contributed by atoms with Crippen molar-refractivity contribution in [3.63, 3.8) is 0 Å². The van der Waals surface area contributed by atoms with Crippen LogP contribution < -0.4 is 5.73 Å². The van der Waals surface area contributed by atoms with Crippen molar-refractivity contribution in [2.75, 3.05) is 13.1 Å². The van der Waals surface area contributed by atoms with E-state index in [4.69, 9.17) is 5.73 Å². The van der Waals surface area contributed by atoms with Gasteiger partial charge in [0.05, 0.1) is 5.92 Å². The minimum absolute atomic E-state index is 0.0621. The fourth-order valence-electron chi connectivity index (χ4n) is 2.76. The number of benzene rings is 1. The van der Waals surface area contributed by atoms with Crippen LogP contribution in [0.15, 0.2) is 30.3 Å². The highest BCUT2D eigenvalue weighted by Crippen LogP contribution is 2.33. The standard InChI is InChI=1S/C13H17FN2O3S/c14-20(18,19)16-8-6-11(7-9-16)12(13(15)17)10-4-2-1-3-5-10/h1-5,11-12H,6-9H2,(H2,15,17). The molecule has 5 nitrogen and oxygen atoms in total. The largest absolute Gasteiger partial charge is 0.374 e. The molecule has 1 aromatic carbocycles. The van der Waals surface area contributed by atoms with E-state index in [0.29, 0.717) is 12.8 Å². The quantitative estimate of drug-likeness (QED) is 0.848. The molecule has 1 aliphatic heterocycles. The summed E-state index contributed by atoms with van der Waals surface area (Å²) in [5.74, 6) is -0.952. The highest BCUT2D eigenvalue weighted by molar-refractivity contribution is 7.83. The second-order valence-corrected chi connectivity index (χ2v) is 6.31. The zero-order chi connectivity index (χ0) is 14.8. The van der Waals surface area contributed by atoms with Crippen molar-refractivity contribution < 1.29 is 17.1 Å². The summed E-state index contributed by atoms with van der Waals surface area (Å²) in [6.07, 6.45) is 0.845. The van der Waals surface area contributed by atoms with E-state index in [1.807, 2.05) is 30.3 Å². The minimum atomic E-state index is -4.64. The molecule has 110 valence electrons. The molecule has 0 saturated carbocycles. The highest BCUT2D eigenvalue weighted by Gasteiger charge is 2.34. The number of carbonyl (C=O) groups is 1. The molecule has 1 amide bonds. The Hall–Kier alpha value is -1.47. The zero-order valence-corrected chi connectivity index (χ0v) is 11.7. The Morgan fingerprint density at radius 1 is 1.25 bits per heavy atom. The Kier molecular flexibility index (Phi) is 4.39. The molecule has 0 radical (unpaired) electrons. The molecule has 2 rings (SSSR count). The normalized spacial score (nSPS) is 19.6. The molecule has 0 aromatic heterocycles. The van der Waals surface area contributed by atoms with Crippen LogP contribution in [0.2, 0.25) is 0 Å². The van der Waals surface area contributed by atoms with Gasteiger partial charge in [0, 0.05) is 13.1 Å². The van der Waals surface area contributed by atoms with Gasteiger partial charge in [0.1, 0.15) is 0 Å². The van der Waals surface area contributed by atoms with Crippen LogP contribution in [0.3, 0.4) is 0 Å². The van der Waals surface area contributed by atoms with Crippen molar-refractivity contribution >= 4 is 16.3 Å². The van der Waals surface area contributed by atoms with Gasteiger partial charge in [-0.3, -0.25) is 4.79 Å². The molecule has 1 saturated heterocycles. The van der Waals surface area contributed by atoms with Gasteiger partial charge in [-0.1, -0.05) is 34.2 Å². The molecule has 1 heterocycles. The van der Waals surface area contributed by atoms with Gasteiger partial charge in [-0.2, -0.15) is 12.7 Å². The highest BCUT2D eigenvalue weighted by atomic mass is 32.3. The number of halogens is 1. The fourth-order valence-corrected chi connectivity index (χ4v) is 3.40. The average molecular weight is 300 g/mol. The maximum Gasteiger partial charge on any atom is 0.374 e. The van der Waals surface area contributed by atoms with E-state index in [1.165, 1.54) is 0 Å². The third-order valence-electron chi connectivity index (χ3n) is 3.74. The van der Waals surface area contributed by atoms with E-state index in [-0.39, 0.29) is 19.0 Å². The topological polar surface area (TPSA) is 80.5 Å². The van der Waals surface area contributed by atoms with E-state index in [2.05, 4.69) is 0 Å². The van der Waals surface area contributed by atoms with Crippen molar-refractivity contribution in [1.29, 1.82) is 0 Å². The molecule has 7 heteroatoms. The Morgan fingerprint density at radius 3 is 2.25 bits per heavy atom. The number of amides is 1. The molecule has 20 heavy (non-hydrogen) atoms. The summed E-state index contributed by atoms with van der Waals surface area (Å²) in [4.78, 5) is 11.7. The van der Waals surface area contributed by atoms with Gasteiger partial charge in [0.15, 0.2) is 0 Å². The van der Waals surface area contributed by atoms with E-state index in [0.717, 1.165) is 9.87 Å². The first-order valence-electron chi connectivity index (χ1n) is 6.43. The van der Waals surface area contributed by atoms with Crippen molar-refractivity contribution in [3.8, 4) is 0 Å². The first kappa shape index (κ1) is 14.9. The number of hydrogen-bond donors (Lipinski definition) is 1. The van der Waals surface area contributed by atoms with Crippen LogP contribution in [0.25, 0.3) is 0 Å². The number of primary amides is 1. The lowest BCUT2D eigenvalue weighted by Crippen LogP contribution is -2.40.